The van der Waals surface area contributed by atoms with E-state index in [4.69, 9.17) is 30.3 Å². The quantitative estimate of drug-likeness (QED) is 0.204. The van der Waals surface area contributed by atoms with Crippen LogP contribution in [0, 0.1) is 15.3 Å². The van der Waals surface area contributed by atoms with E-state index >= 15 is 0 Å². The van der Waals surface area contributed by atoms with E-state index in [1.165, 1.54) is 0 Å². The Labute approximate surface area is 128 Å². The van der Waals surface area contributed by atoms with E-state index in [0.717, 1.165) is 0 Å². The summed E-state index contributed by atoms with van der Waals surface area (Å²) in [6.07, 6.45) is -2.33. The summed E-state index contributed by atoms with van der Waals surface area (Å²) in [7, 11) is 0. The zero-order chi connectivity index (χ0) is 7.15. The topological polar surface area (TPSA) is 129 Å². The third-order valence-electron chi connectivity index (χ3n) is 0. The van der Waals surface area contributed by atoms with Crippen LogP contribution in [0.3, 0.4) is 0 Å². The largest absolute Gasteiger partial charge is 1.00 e. The Morgan fingerprint density at radius 1 is 1.09 bits per heavy atom. The molecule has 0 aliphatic rings. The number of rotatable bonds is 0. The molecule has 0 aliphatic heterocycles. The van der Waals surface area contributed by atoms with Crippen molar-refractivity contribution in [1.82, 2.24) is 0 Å². The Morgan fingerprint density at radius 2 is 1.09 bits per heavy atom. The van der Waals surface area contributed by atoms with Crippen LogP contribution in [0.4, 0.5) is 4.79 Å². The summed E-state index contributed by atoms with van der Waals surface area (Å²) in [4.78, 5) is 16.6. The molecule has 0 fully saturated rings. The molecule has 0 heterocycles. The van der Waals surface area contributed by atoms with Crippen molar-refractivity contribution in [3.63, 3.8) is 0 Å². The van der Waals surface area contributed by atoms with Gasteiger partial charge in [0.1, 0.15) is 0 Å². The van der Waals surface area contributed by atoms with Crippen molar-refractivity contribution in [3.8, 4) is 0 Å². The number of carboxylic acid groups (broad SMARTS) is 2. The first-order chi connectivity index (χ1) is 3.46. The first kappa shape index (κ1) is 29.5. The molecule has 10 heteroatoms. The summed E-state index contributed by atoms with van der Waals surface area (Å²) in [5, 5.41) is 31.4. The van der Waals surface area contributed by atoms with Gasteiger partial charge in [0.05, 0.1) is 5.09 Å². The molecule has 0 aliphatic carbocycles. The summed E-state index contributed by atoms with van der Waals surface area (Å²) in [5.41, 5.74) is 0. The molecule has 48 valence electrons. The third-order valence-corrected chi connectivity index (χ3v) is 0. The Morgan fingerprint density at radius 3 is 1.09 bits per heavy atom. The summed E-state index contributed by atoms with van der Waals surface area (Å²) >= 11 is 0. The van der Waals surface area contributed by atoms with Gasteiger partial charge in [-0.15, -0.1) is 0 Å². The van der Waals surface area contributed by atoms with Gasteiger partial charge in [0.2, 0.25) is 0 Å². The van der Waals surface area contributed by atoms with Crippen molar-refractivity contribution < 1.29 is 109 Å². The molecule has 0 saturated carbocycles. The second kappa shape index (κ2) is 22.5. The molecule has 0 rings (SSSR count). The van der Waals surface area contributed by atoms with Crippen molar-refractivity contribution in [2.24, 2.45) is 0 Å². The van der Waals surface area contributed by atoms with Gasteiger partial charge in [0, 0.05) is 0 Å². The summed E-state index contributed by atoms with van der Waals surface area (Å²) in [5.74, 6) is 0. The minimum atomic E-state index is -2.33. The number of carbonyl (C=O) groups excluding carboxylic acids is 1. The second-order valence-corrected chi connectivity index (χ2v) is 0.474. The van der Waals surface area contributed by atoms with Crippen molar-refractivity contribution in [2.45, 2.75) is 0 Å². The van der Waals surface area contributed by atoms with Crippen LogP contribution in [-0.4, -0.2) is 11.2 Å². The number of hydrogen-bond donors (Lipinski definition) is 0. The third kappa shape index (κ3) is 577. The van der Waals surface area contributed by atoms with Crippen molar-refractivity contribution in [3.05, 3.63) is 15.3 Å². The van der Waals surface area contributed by atoms with E-state index < -0.39 is 11.2 Å². The van der Waals surface area contributed by atoms with Crippen molar-refractivity contribution in [1.29, 1.82) is 0 Å². The Hall–Kier alpha value is 1.30. The molecule has 0 N–H and O–H groups in total. The summed E-state index contributed by atoms with van der Waals surface area (Å²) in [6, 6.07) is 0. The molecule has 0 saturated heterocycles. The van der Waals surface area contributed by atoms with Crippen molar-refractivity contribution >= 4 is 6.16 Å². The Balaban J connectivity index is -0.0000000171. The molecule has 0 aromatic heterocycles. The smallest absolute Gasteiger partial charge is 0.652 e. The van der Waals surface area contributed by atoms with Gasteiger partial charge in [-0.2, -0.15) is 0 Å². The average molecular weight is 175 g/mol. The van der Waals surface area contributed by atoms with Gasteiger partial charge < -0.3 is 30.3 Å². The maximum absolute atomic E-state index is 8.33. The molecular weight excluding hydrogens is 175 g/mol. The molecule has 0 spiro atoms. The van der Waals surface area contributed by atoms with Crippen LogP contribution in [0.2, 0.25) is 0 Å². The fourth-order valence-electron chi connectivity index (χ4n) is 0. The molecular formula is CKLi2NO6. The van der Waals surface area contributed by atoms with Crippen LogP contribution in [0.1, 0.15) is 0 Å². The molecule has 0 amide bonds. The van der Waals surface area contributed by atoms with E-state index in [1.807, 2.05) is 0 Å². The fraction of sp³-hybridized carbons (Fsp3) is 0. The first-order valence-corrected chi connectivity index (χ1v) is 1.16. The van der Waals surface area contributed by atoms with Gasteiger partial charge in [-0.05, 0) is 6.16 Å². The molecule has 0 radical (unpaired) electrons. The van der Waals surface area contributed by atoms with Gasteiger partial charge in [-0.1, -0.05) is 0 Å². The van der Waals surface area contributed by atoms with Gasteiger partial charge >= 0.3 is 89.1 Å². The van der Waals surface area contributed by atoms with Gasteiger partial charge in [-0.25, -0.2) is 0 Å². The standard InChI is InChI=1S/CH2O3.K.2Li.NO3/c2-1(3)4;;;;2-1(3)4/h(H2,2,3,4);;;;/q;3*+1;-1/p-2. The predicted octanol–water partition coefficient (Wildman–Crippen LogP) is -11.7. The predicted molar refractivity (Wildman–Crippen MR) is 15.8 cm³/mol. The van der Waals surface area contributed by atoms with Crippen LogP contribution in [0.5, 0.6) is 0 Å². The first-order valence-electron chi connectivity index (χ1n) is 1.16. The van der Waals surface area contributed by atoms with Gasteiger partial charge in [-0.3, -0.25) is 0 Å². The maximum Gasteiger partial charge on any atom is 1.00 e. The zero-order valence-corrected chi connectivity index (χ0v) is 9.52. The Bertz CT molecular complexity index is 78.6. The van der Waals surface area contributed by atoms with E-state index in [-0.39, 0.29) is 89.1 Å². The van der Waals surface area contributed by atoms with Crippen molar-refractivity contribution in [2.75, 3.05) is 0 Å². The van der Waals surface area contributed by atoms with E-state index in [1.54, 1.807) is 0 Å². The van der Waals surface area contributed by atoms with Crippen LogP contribution in [-0.2, 0) is 0 Å². The zero-order valence-electron chi connectivity index (χ0n) is 6.40. The Kier molecular flexibility index (Phi) is 60.3. The van der Waals surface area contributed by atoms with Crippen LogP contribution < -0.4 is 99.3 Å². The monoisotopic (exact) mass is 175 g/mol. The van der Waals surface area contributed by atoms with Crippen LogP contribution >= 0.6 is 0 Å². The van der Waals surface area contributed by atoms with Gasteiger partial charge in [0.25, 0.3) is 0 Å². The molecule has 0 bridgehead atoms. The van der Waals surface area contributed by atoms with Gasteiger partial charge in [0.15, 0.2) is 0 Å². The minimum Gasteiger partial charge on any atom is -0.652 e. The minimum absolute atomic E-state index is 0. The fourth-order valence-corrected chi connectivity index (χ4v) is 0. The SMILES string of the molecule is O=C([O-])[O-].O=[N+]([O-])[O-].[K+].[Li+].[Li+]. The van der Waals surface area contributed by atoms with Crippen LogP contribution in [0.15, 0.2) is 0 Å². The molecule has 11 heavy (non-hydrogen) atoms. The molecule has 7 nitrogen and oxygen atoms in total. The second-order valence-electron chi connectivity index (χ2n) is 0.474. The molecule has 0 unspecified atom stereocenters. The summed E-state index contributed by atoms with van der Waals surface area (Å²) in [6.45, 7) is 0. The van der Waals surface area contributed by atoms with E-state index in [0.29, 0.717) is 0 Å². The summed E-state index contributed by atoms with van der Waals surface area (Å²) < 4.78 is 0. The average Bonchev–Trinajstić information content (AvgIpc) is 1.25. The van der Waals surface area contributed by atoms with E-state index in [9.17, 15) is 0 Å². The number of hydrogen-bond acceptors (Lipinski definition) is 6. The van der Waals surface area contributed by atoms with E-state index in [2.05, 4.69) is 0 Å². The molecule has 0 aromatic rings. The molecule has 0 aromatic carbocycles. The number of nitrogens with zero attached hydrogens (tertiary/aromatic N) is 1. The number of carbonyl (C=O) groups is 1. The van der Waals surface area contributed by atoms with Crippen LogP contribution in [0.25, 0.3) is 0 Å². The normalized spacial score (nSPS) is 4.36. The molecule has 0 atom stereocenters. The maximum atomic E-state index is 8.33.